The van der Waals surface area contributed by atoms with Gasteiger partial charge in [-0.25, -0.2) is 0 Å². The van der Waals surface area contributed by atoms with E-state index in [2.05, 4.69) is 24.5 Å². The predicted octanol–water partition coefficient (Wildman–Crippen LogP) is 2.85. The molecule has 1 amide bonds. The fourth-order valence-corrected chi connectivity index (χ4v) is 3.88. The summed E-state index contributed by atoms with van der Waals surface area (Å²) in [7, 11) is 0. The molecule has 0 aromatic carbocycles. The Morgan fingerprint density at radius 2 is 2.05 bits per heavy atom. The molecule has 2 aliphatic rings. The summed E-state index contributed by atoms with van der Waals surface area (Å²) in [5.74, 6) is 1.11. The van der Waals surface area contributed by atoms with Crippen molar-refractivity contribution in [1.82, 2.24) is 10.6 Å². The molecule has 2 unspecified atom stereocenters. The molecule has 1 aliphatic heterocycles. The first-order valence-electron chi connectivity index (χ1n) is 8.18. The standard InChI is InChI=1S/C16H30N2O/c1-3-7-16(8-10-17-11-9-16)15(19)18-14-6-4-5-13(2)12-14/h13-14,17H,3-12H2,1-2H3,(H,18,19). The van der Waals surface area contributed by atoms with E-state index in [-0.39, 0.29) is 5.41 Å². The van der Waals surface area contributed by atoms with E-state index in [4.69, 9.17) is 0 Å². The average molecular weight is 266 g/mol. The van der Waals surface area contributed by atoms with Crippen LogP contribution in [0.15, 0.2) is 0 Å². The van der Waals surface area contributed by atoms with E-state index >= 15 is 0 Å². The van der Waals surface area contributed by atoms with Crippen molar-refractivity contribution < 1.29 is 4.79 Å². The van der Waals surface area contributed by atoms with Crippen molar-refractivity contribution in [3.63, 3.8) is 0 Å². The maximum Gasteiger partial charge on any atom is 0.226 e. The highest BCUT2D eigenvalue weighted by Gasteiger charge is 2.39. The number of hydrogen-bond acceptors (Lipinski definition) is 2. The molecule has 2 N–H and O–H groups in total. The van der Waals surface area contributed by atoms with Gasteiger partial charge in [0, 0.05) is 6.04 Å². The van der Waals surface area contributed by atoms with Crippen LogP contribution in [0.2, 0.25) is 0 Å². The van der Waals surface area contributed by atoms with Crippen LogP contribution in [0.5, 0.6) is 0 Å². The van der Waals surface area contributed by atoms with Gasteiger partial charge in [0.15, 0.2) is 0 Å². The Hall–Kier alpha value is -0.570. The van der Waals surface area contributed by atoms with E-state index in [1.54, 1.807) is 0 Å². The van der Waals surface area contributed by atoms with E-state index in [0.717, 1.165) is 44.7 Å². The molecule has 2 rings (SSSR count). The van der Waals surface area contributed by atoms with Gasteiger partial charge in [-0.05, 0) is 51.1 Å². The summed E-state index contributed by atoms with van der Waals surface area (Å²) in [5.41, 5.74) is -0.0827. The van der Waals surface area contributed by atoms with E-state index in [9.17, 15) is 4.79 Å². The minimum absolute atomic E-state index is 0.0827. The van der Waals surface area contributed by atoms with Gasteiger partial charge in [-0.3, -0.25) is 4.79 Å². The molecule has 0 radical (unpaired) electrons. The second-order valence-corrected chi connectivity index (χ2v) is 6.72. The van der Waals surface area contributed by atoms with Crippen LogP contribution in [0, 0.1) is 11.3 Å². The maximum atomic E-state index is 12.7. The van der Waals surface area contributed by atoms with Crippen molar-refractivity contribution in [3.8, 4) is 0 Å². The summed E-state index contributed by atoms with van der Waals surface area (Å²) >= 11 is 0. The van der Waals surface area contributed by atoms with Crippen LogP contribution >= 0.6 is 0 Å². The van der Waals surface area contributed by atoms with Crippen LogP contribution in [0.25, 0.3) is 0 Å². The Kier molecular flexibility index (Phi) is 5.26. The van der Waals surface area contributed by atoms with Crippen LogP contribution in [0.3, 0.4) is 0 Å². The van der Waals surface area contributed by atoms with Crippen molar-refractivity contribution in [2.24, 2.45) is 11.3 Å². The number of amides is 1. The van der Waals surface area contributed by atoms with Crippen molar-refractivity contribution >= 4 is 5.91 Å². The molecule has 110 valence electrons. The summed E-state index contributed by atoms with van der Waals surface area (Å²) in [6, 6.07) is 0.430. The molecule has 0 aromatic heterocycles. The van der Waals surface area contributed by atoms with E-state index in [1.165, 1.54) is 25.7 Å². The highest BCUT2D eigenvalue weighted by molar-refractivity contribution is 5.83. The van der Waals surface area contributed by atoms with Crippen LogP contribution in [-0.4, -0.2) is 25.0 Å². The SMILES string of the molecule is CCCC1(C(=O)NC2CCCC(C)C2)CCNCC1. The lowest BCUT2D eigenvalue weighted by molar-refractivity contribution is -0.134. The van der Waals surface area contributed by atoms with Gasteiger partial charge in [-0.1, -0.05) is 33.1 Å². The molecule has 0 spiro atoms. The first-order chi connectivity index (χ1) is 9.16. The number of rotatable bonds is 4. The monoisotopic (exact) mass is 266 g/mol. The van der Waals surface area contributed by atoms with Crippen LogP contribution in [0.4, 0.5) is 0 Å². The fraction of sp³-hybridized carbons (Fsp3) is 0.938. The second-order valence-electron chi connectivity index (χ2n) is 6.72. The fourth-order valence-electron chi connectivity index (χ4n) is 3.88. The molecule has 0 aromatic rings. The van der Waals surface area contributed by atoms with E-state index in [1.807, 2.05) is 0 Å². The molecule has 1 aliphatic carbocycles. The highest BCUT2D eigenvalue weighted by atomic mass is 16.2. The number of hydrogen-bond donors (Lipinski definition) is 2. The number of carbonyl (C=O) groups is 1. The minimum atomic E-state index is -0.0827. The summed E-state index contributed by atoms with van der Waals surface area (Å²) in [5, 5.41) is 6.76. The lowest BCUT2D eigenvalue weighted by atomic mass is 9.74. The Morgan fingerprint density at radius 1 is 1.32 bits per heavy atom. The number of nitrogens with one attached hydrogen (secondary N) is 2. The van der Waals surface area contributed by atoms with Crippen LogP contribution in [0.1, 0.15) is 65.2 Å². The Labute approximate surface area is 117 Å². The lowest BCUT2D eigenvalue weighted by Gasteiger charge is -2.38. The summed E-state index contributed by atoms with van der Waals surface area (Å²) in [6.07, 6.45) is 9.12. The van der Waals surface area contributed by atoms with Gasteiger partial charge in [0.1, 0.15) is 0 Å². The Balaban J connectivity index is 1.95. The second kappa shape index (κ2) is 6.74. The van der Waals surface area contributed by atoms with Gasteiger partial charge in [0.2, 0.25) is 5.91 Å². The third kappa shape index (κ3) is 3.71. The zero-order chi connectivity index (χ0) is 13.7. The summed E-state index contributed by atoms with van der Waals surface area (Å²) in [4.78, 5) is 12.7. The maximum absolute atomic E-state index is 12.7. The third-order valence-corrected chi connectivity index (χ3v) is 5.04. The Morgan fingerprint density at radius 3 is 2.68 bits per heavy atom. The van der Waals surface area contributed by atoms with Crippen molar-refractivity contribution in [3.05, 3.63) is 0 Å². The quantitative estimate of drug-likeness (QED) is 0.821. The molecule has 2 fully saturated rings. The van der Waals surface area contributed by atoms with Crippen LogP contribution in [-0.2, 0) is 4.79 Å². The van der Waals surface area contributed by atoms with E-state index in [0.29, 0.717) is 11.9 Å². The molecular formula is C16H30N2O. The van der Waals surface area contributed by atoms with Crippen molar-refractivity contribution in [2.75, 3.05) is 13.1 Å². The summed E-state index contributed by atoms with van der Waals surface area (Å²) < 4.78 is 0. The molecule has 3 heteroatoms. The molecule has 19 heavy (non-hydrogen) atoms. The molecule has 0 bridgehead atoms. The molecule has 1 saturated carbocycles. The largest absolute Gasteiger partial charge is 0.353 e. The zero-order valence-electron chi connectivity index (χ0n) is 12.6. The van der Waals surface area contributed by atoms with Gasteiger partial charge >= 0.3 is 0 Å². The molecule has 2 atom stereocenters. The van der Waals surface area contributed by atoms with Gasteiger partial charge < -0.3 is 10.6 Å². The van der Waals surface area contributed by atoms with Gasteiger partial charge in [-0.15, -0.1) is 0 Å². The predicted molar refractivity (Wildman–Crippen MR) is 79.0 cm³/mol. The normalized spacial score (nSPS) is 30.8. The lowest BCUT2D eigenvalue weighted by Crippen LogP contribution is -2.51. The first kappa shape index (κ1) is 14.8. The molecular weight excluding hydrogens is 236 g/mol. The number of piperidine rings is 1. The van der Waals surface area contributed by atoms with E-state index < -0.39 is 0 Å². The van der Waals surface area contributed by atoms with Gasteiger partial charge in [0.25, 0.3) is 0 Å². The average Bonchev–Trinajstić information content (AvgIpc) is 2.40. The Bertz CT molecular complexity index is 292. The van der Waals surface area contributed by atoms with Crippen molar-refractivity contribution in [2.45, 2.75) is 71.3 Å². The molecule has 1 heterocycles. The van der Waals surface area contributed by atoms with Crippen LogP contribution < -0.4 is 10.6 Å². The first-order valence-corrected chi connectivity index (χ1v) is 8.18. The highest BCUT2D eigenvalue weighted by Crippen LogP contribution is 2.35. The van der Waals surface area contributed by atoms with Gasteiger partial charge in [0.05, 0.1) is 5.41 Å². The van der Waals surface area contributed by atoms with Gasteiger partial charge in [-0.2, -0.15) is 0 Å². The van der Waals surface area contributed by atoms with Crippen molar-refractivity contribution in [1.29, 1.82) is 0 Å². The number of carbonyl (C=O) groups excluding carboxylic acids is 1. The molecule has 1 saturated heterocycles. The smallest absolute Gasteiger partial charge is 0.226 e. The summed E-state index contributed by atoms with van der Waals surface area (Å²) in [6.45, 7) is 6.49. The third-order valence-electron chi connectivity index (χ3n) is 5.04. The molecule has 3 nitrogen and oxygen atoms in total. The zero-order valence-corrected chi connectivity index (χ0v) is 12.6. The topological polar surface area (TPSA) is 41.1 Å². The minimum Gasteiger partial charge on any atom is -0.353 e.